The van der Waals surface area contributed by atoms with Crippen LogP contribution in [0.4, 0.5) is 19.0 Å². The van der Waals surface area contributed by atoms with Gasteiger partial charge in [0.15, 0.2) is 0 Å². The first-order valence-corrected chi connectivity index (χ1v) is 9.63. The Morgan fingerprint density at radius 2 is 1.96 bits per heavy atom. The maximum absolute atomic E-state index is 12.6. The molecule has 0 saturated heterocycles. The van der Waals surface area contributed by atoms with Crippen LogP contribution >= 0.6 is 27.7 Å². The summed E-state index contributed by atoms with van der Waals surface area (Å²) >= 11 is 4.88. The molecule has 1 aromatic carbocycles. The zero-order valence-corrected chi connectivity index (χ0v) is 16.4. The predicted molar refractivity (Wildman–Crippen MR) is 103 cm³/mol. The van der Waals surface area contributed by atoms with Gasteiger partial charge in [0, 0.05) is 27.1 Å². The Hall–Kier alpha value is -2.13. The summed E-state index contributed by atoms with van der Waals surface area (Å²) in [5.41, 5.74) is -0.671. The molecule has 140 valence electrons. The number of fused-ring (bicyclic) bond motifs is 1. The van der Waals surface area contributed by atoms with Crippen molar-refractivity contribution in [2.24, 2.45) is 0 Å². The van der Waals surface area contributed by atoms with E-state index in [2.05, 4.69) is 31.2 Å². The summed E-state index contributed by atoms with van der Waals surface area (Å²) in [7, 11) is 0. The van der Waals surface area contributed by atoms with Gasteiger partial charge < -0.3 is 5.32 Å². The Bertz CT molecular complexity index is 994. The van der Waals surface area contributed by atoms with E-state index in [-0.39, 0.29) is 11.5 Å². The third-order valence-corrected chi connectivity index (χ3v) is 5.13. The van der Waals surface area contributed by atoms with Crippen molar-refractivity contribution < 1.29 is 18.0 Å². The highest BCUT2D eigenvalue weighted by Crippen LogP contribution is 2.32. The third-order valence-electron chi connectivity index (χ3n) is 3.64. The topological polar surface area (TPSA) is 54.9 Å². The smallest absolute Gasteiger partial charge is 0.305 e. The van der Waals surface area contributed by atoms with E-state index in [1.165, 1.54) is 11.8 Å². The van der Waals surface area contributed by atoms with Crippen molar-refractivity contribution in [3.8, 4) is 0 Å². The first-order valence-electron chi connectivity index (χ1n) is 7.85. The first kappa shape index (κ1) is 19.6. The average Bonchev–Trinajstić information content (AvgIpc) is 2.61. The van der Waals surface area contributed by atoms with Gasteiger partial charge in [-0.1, -0.05) is 28.9 Å². The van der Waals surface area contributed by atoms with Crippen LogP contribution in [0.15, 0.2) is 52.1 Å². The lowest BCUT2D eigenvalue weighted by Gasteiger charge is -2.12. The van der Waals surface area contributed by atoms with Crippen molar-refractivity contribution in [3.63, 3.8) is 0 Å². The Morgan fingerprint density at radius 3 is 2.59 bits per heavy atom. The van der Waals surface area contributed by atoms with E-state index >= 15 is 0 Å². The monoisotopic (exact) mass is 455 g/mol. The van der Waals surface area contributed by atoms with E-state index in [4.69, 9.17) is 0 Å². The first-order chi connectivity index (χ1) is 12.8. The number of alkyl halides is 3. The molecule has 9 heteroatoms. The Balaban J connectivity index is 1.93. The second kappa shape index (κ2) is 7.85. The minimum Gasteiger partial charge on any atom is -0.305 e. The fraction of sp³-hybridized carbons (Fsp3) is 0.167. The average molecular weight is 456 g/mol. The molecule has 3 aromatic rings. The van der Waals surface area contributed by atoms with Gasteiger partial charge >= 0.3 is 6.18 Å². The second-order valence-electron chi connectivity index (χ2n) is 5.48. The van der Waals surface area contributed by atoms with E-state index in [0.717, 1.165) is 33.1 Å². The summed E-state index contributed by atoms with van der Waals surface area (Å²) in [6.45, 7) is 1.96. The molecule has 0 aliphatic carbocycles. The number of thioether (sulfide) groups is 1. The maximum Gasteiger partial charge on any atom is 0.417 e. The highest BCUT2D eigenvalue weighted by molar-refractivity contribution is 9.10. The molecule has 3 rings (SSSR count). The number of anilines is 1. The van der Waals surface area contributed by atoms with Gasteiger partial charge in [0.1, 0.15) is 11.5 Å². The minimum atomic E-state index is -4.48. The SMILES string of the molecule is CCSc1c(C(=O)Nc2ccc(C(F)(F)F)cn2)ncc2cc(Br)ccc12. The van der Waals surface area contributed by atoms with Gasteiger partial charge in [-0.15, -0.1) is 11.8 Å². The molecule has 0 spiro atoms. The van der Waals surface area contributed by atoms with Gasteiger partial charge in [-0.3, -0.25) is 4.79 Å². The van der Waals surface area contributed by atoms with Crippen LogP contribution in [0.3, 0.4) is 0 Å². The molecule has 2 heterocycles. The number of aromatic nitrogens is 2. The molecule has 27 heavy (non-hydrogen) atoms. The summed E-state index contributed by atoms with van der Waals surface area (Å²) in [5.74, 6) is 0.233. The van der Waals surface area contributed by atoms with Gasteiger partial charge in [-0.25, -0.2) is 9.97 Å². The zero-order chi connectivity index (χ0) is 19.6. The quantitative estimate of drug-likeness (QED) is 0.506. The number of carbonyl (C=O) groups excluding carboxylic acids is 1. The number of pyridine rings is 2. The van der Waals surface area contributed by atoms with Crippen LogP contribution in [0.25, 0.3) is 10.8 Å². The van der Waals surface area contributed by atoms with Gasteiger partial charge in [-0.05, 0) is 35.4 Å². The van der Waals surface area contributed by atoms with Gasteiger partial charge in [0.25, 0.3) is 5.91 Å². The Morgan fingerprint density at radius 1 is 1.19 bits per heavy atom. The van der Waals surface area contributed by atoms with Crippen molar-refractivity contribution in [2.75, 3.05) is 11.1 Å². The number of nitrogens with zero attached hydrogens (tertiary/aromatic N) is 2. The second-order valence-corrected chi connectivity index (χ2v) is 7.67. The highest BCUT2D eigenvalue weighted by Gasteiger charge is 2.30. The summed E-state index contributed by atoms with van der Waals surface area (Å²) in [5, 5.41) is 4.27. The lowest BCUT2D eigenvalue weighted by Crippen LogP contribution is -2.16. The van der Waals surface area contributed by atoms with Gasteiger partial charge in [-0.2, -0.15) is 13.2 Å². The standard InChI is InChI=1S/C18H13BrF3N3OS/c1-2-27-16-13-5-4-12(19)7-10(13)8-24-15(16)17(26)25-14-6-3-11(9-23-14)18(20,21)22/h3-9H,2H2,1H3,(H,23,25,26). The molecular weight excluding hydrogens is 443 g/mol. The molecule has 1 N–H and O–H groups in total. The fourth-order valence-electron chi connectivity index (χ4n) is 2.43. The molecule has 1 amide bonds. The number of carbonyl (C=O) groups is 1. The summed E-state index contributed by atoms with van der Waals surface area (Å²) < 4.78 is 38.8. The van der Waals surface area contributed by atoms with Crippen LogP contribution in [-0.4, -0.2) is 21.6 Å². The van der Waals surface area contributed by atoms with Crippen LogP contribution < -0.4 is 5.32 Å². The van der Waals surface area contributed by atoms with Crippen molar-refractivity contribution in [1.82, 2.24) is 9.97 Å². The molecule has 0 saturated carbocycles. The number of hydrogen-bond acceptors (Lipinski definition) is 4. The Kier molecular flexibility index (Phi) is 5.71. The van der Waals surface area contributed by atoms with E-state index in [9.17, 15) is 18.0 Å². The molecule has 0 aliphatic heterocycles. The molecule has 0 fully saturated rings. The number of halogens is 4. The number of hydrogen-bond donors (Lipinski definition) is 1. The molecule has 0 atom stereocenters. The molecule has 0 unspecified atom stereocenters. The van der Waals surface area contributed by atoms with Crippen molar-refractivity contribution in [2.45, 2.75) is 18.0 Å². The minimum absolute atomic E-state index is 0.0261. The van der Waals surface area contributed by atoms with Crippen molar-refractivity contribution in [3.05, 3.63) is 58.5 Å². The zero-order valence-electron chi connectivity index (χ0n) is 14.0. The molecule has 2 aromatic heterocycles. The third kappa shape index (κ3) is 4.41. The van der Waals surface area contributed by atoms with E-state index in [1.54, 1.807) is 6.20 Å². The van der Waals surface area contributed by atoms with E-state index in [1.807, 2.05) is 25.1 Å². The molecule has 0 radical (unpaired) electrons. The molecule has 4 nitrogen and oxygen atoms in total. The van der Waals surface area contributed by atoms with Crippen LogP contribution in [0.1, 0.15) is 23.0 Å². The van der Waals surface area contributed by atoms with Crippen LogP contribution in [-0.2, 0) is 6.18 Å². The summed E-state index contributed by atoms with van der Waals surface area (Å²) in [6, 6.07) is 7.66. The normalized spacial score (nSPS) is 11.6. The van der Waals surface area contributed by atoms with Gasteiger partial charge in [0.05, 0.1) is 5.56 Å². The predicted octanol–water partition coefficient (Wildman–Crippen LogP) is 5.78. The number of amides is 1. The Labute approximate surface area is 165 Å². The van der Waals surface area contributed by atoms with Crippen LogP contribution in [0.2, 0.25) is 0 Å². The molecule has 0 bridgehead atoms. The largest absolute Gasteiger partial charge is 0.417 e. The van der Waals surface area contributed by atoms with Crippen LogP contribution in [0, 0.1) is 0 Å². The van der Waals surface area contributed by atoms with Crippen LogP contribution in [0.5, 0.6) is 0 Å². The van der Waals surface area contributed by atoms with Gasteiger partial charge in [0.2, 0.25) is 0 Å². The summed E-state index contributed by atoms with van der Waals surface area (Å²) in [6.07, 6.45) is -2.20. The fourth-order valence-corrected chi connectivity index (χ4v) is 3.72. The van der Waals surface area contributed by atoms with E-state index in [0.29, 0.717) is 11.1 Å². The number of nitrogens with one attached hydrogen (secondary N) is 1. The molecular formula is C18H13BrF3N3OS. The maximum atomic E-state index is 12.6. The van der Waals surface area contributed by atoms with Crippen molar-refractivity contribution in [1.29, 1.82) is 0 Å². The van der Waals surface area contributed by atoms with E-state index < -0.39 is 17.6 Å². The lowest BCUT2D eigenvalue weighted by atomic mass is 10.1. The number of rotatable bonds is 4. The van der Waals surface area contributed by atoms with Crippen molar-refractivity contribution >= 4 is 50.2 Å². The number of benzene rings is 1. The lowest BCUT2D eigenvalue weighted by molar-refractivity contribution is -0.137. The highest BCUT2D eigenvalue weighted by atomic mass is 79.9. The summed E-state index contributed by atoms with van der Waals surface area (Å²) in [4.78, 5) is 21.3. The molecule has 0 aliphatic rings.